The molecule has 2 aromatic heterocycles. The molecule has 1 aliphatic carbocycles. The molecule has 0 unspecified atom stereocenters. The number of nitrogens with zero attached hydrogens (tertiary/aromatic N) is 4. The zero-order valence-corrected chi connectivity index (χ0v) is 9.70. The molecule has 0 spiro atoms. The van der Waals surface area contributed by atoms with Crippen molar-refractivity contribution in [2.45, 2.75) is 25.8 Å². The van der Waals surface area contributed by atoms with Crippen molar-refractivity contribution in [3.8, 4) is 0 Å². The minimum atomic E-state index is 0.258. The monoisotopic (exact) mass is 237 g/mol. The van der Waals surface area contributed by atoms with Gasteiger partial charge in [0.15, 0.2) is 11.5 Å². The summed E-state index contributed by atoms with van der Waals surface area (Å²) in [6.45, 7) is 3.04. The fourth-order valence-corrected chi connectivity index (χ4v) is 2.13. The summed E-state index contributed by atoms with van der Waals surface area (Å²) in [4.78, 5) is 17.8. The van der Waals surface area contributed by atoms with Crippen LogP contribution in [0.3, 0.4) is 0 Å². The fourth-order valence-electron chi connectivity index (χ4n) is 1.97. The number of aromatic nitrogens is 4. The second-order valence-corrected chi connectivity index (χ2v) is 4.27. The quantitative estimate of drug-likeness (QED) is 0.830. The number of nitrogens with one attached hydrogen (secondary N) is 1. The van der Waals surface area contributed by atoms with E-state index in [-0.39, 0.29) is 5.28 Å². The molecular weight excluding hydrogens is 226 g/mol. The molecular formula is C10H12ClN5. The van der Waals surface area contributed by atoms with Gasteiger partial charge in [-0.15, -0.1) is 0 Å². The molecule has 0 aromatic carbocycles. The summed E-state index contributed by atoms with van der Waals surface area (Å²) < 4.78 is 0. The lowest BCUT2D eigenvalue weighted by Gasteiger charge is -2.21. The summed E-state index contributed by atoms with van der Waals surface area (Å²) in [6, 6.07) is 0.600. The van der Waals surface area contributed by atoms with Crippen molar-refractivity contribution in [1.29, 1.82) is 0 Å². The van der Waals surface area contributed by atoms with Crippen molar-refractivity contribution in [3.63, 3.8) is 0 Å². The van der Waals surface area contributed by atoms with Crippen LogP contribution in [0, 0.1) is 0 Å². The number of fused-ring (bicyclic) bond motifs is 1. The number of hydrogen-bond acceptors (Lipinski definition) is 4. The molecule has 6 heteroatoms. The maximum Gasteiger partial charge on any atom is 0.226 e. The number of aromatic amines is 1. The second-order valence-electron chi connectivity index (χ2n) is 3.93. The van der Waals surface area contributed by atoms with Crippen molar-refractivity contribution in [2.24, 2.45) is 0 Å². The first kappa shape index (κ1) is 9.84. The van der Waals surface area contributed by atoms with E-state index in [0.717, 1.165) is 17.9 Å². The number of H-pyrrole nitrogens is 1. The average Bonchev–Trinajstić information content (AvgIpc) is 2.97. The third-order valence-electron chi connectivity index (χ3n) is 2.84. The molecule has 0 bridgehead atoms. The Labute approximate surface area is 97.9 Å². The Balaban J connectivity index is 2.15. The molecule has 1 fully saturated rings. The van der Waals surface area contributed by atoms with E-state index < -0.39 is 0 Å². The predicted molar refractivity (Wildman–Crippen MR) is 62.7 cm³/mol. The smallest absolute Gasteiger partial charge is 0.226 e. The zero-order chi connectivity index (χ0) is 11.1. The van der Waals surface area contributed by atoms with Crippen LogP contribution in [-0.4, -0.2) is 32.5 Å². The Morgan fingerprint density at radius 1 is 1.50 bits per heavy atom. The van der Waals surface area contributed by atoms with Crippen LogP contribution in [0.1, 0.15) is 19.8 Å². The molecule has 1 N–H and O–H groups in total. The van der Waals surface area contributed by atoms with Crippen molar-refractivity contribution in [1.82, 2.24) is 19.9 Å². The number of hydrogen-bond donors (Lipinski definition) is 1. The lowest BCUT2D eigenvalue weighted by atomic mass is 10.4. The molecule has 5 nitrogen and oxygen atoms in total. The lowest BCUT2D eigenvalue weighted by Crippen LogP contribution is -2.26. The molecule has 0 saturated heterocycles. The van der Waals surface area contributed by atoms with Gasteiger partial charge < -0.3 is 9.88 Å². The van der Waals surface area contributed by atoms with Gasteiger partial charge in [0.1, 0.15) is 5.52 Å². The van der Waals surface area contributed by atoms with Crippen LogP contribution >= 0.6 is 11.6 Å². The lowest BCUT2D eigenvalue weighted by molar-refractivity contribution is 0.810. The van der Waals surface area contributed by atoms with E-state index in [1.807, 2.05) is 0 Å². The fraction of sp³-hybridized carbons (Fsp3) is 0.500. The standard InChI is InChI=1S/C10H12ClN5/c1-2-16(6-3-4-6)9-7-8(13-5-12-7)14-10(11)15-9/h5-6H,2-4H2,1H3,(H,12,13,14,15). The third kappa shape index (κ3) is 1.51. The first-order chi connectivity index (χ1) is 7.79. The van der Waals surface area contributed by atoms with Gasteiger partial charge in [-0.2, -0.15) is 9.97 Å². The van der Waals surface area contributed by atoms with E-state index >= 15 is 0 Å². The van der Waals surface area contributed by atoms with Gasteiger partial charge in [0.05, 0.1) is 6.33 Å². The first-order valence-electron chi connectivity index (χ1n) is 5.43. The van der Waals surface area contributed by atoms with Crippen molar-refractivity contribution < 1.29 is 0 Å². The number of imidazole rings is 1. The van der Waals surface area contributed by atoms with Gasteiger partial charge >= 0.3 is 0 Å². The maximum atomic E-state index is 5.90. The normalized spacial score (nSPS) is 15.6. The van der Waals surface area contributed by atoms with Crippen LogP contribution < -0.4 is 4.90 Å². The first-order valence-corrected chi connectivity index (χ1v) is 5.80. The largest absolute Gasteiger partial charge is 0.352 e. The number of anilines is 1. The van der Waals surface area contributed by atoms with Crippen LogP contribution in [0.25, 0.3) is 11.2 Å². The van der Waals surface area contributed by atoms with Crippen molar-refractivity contribution >= 4 is 28.6 Å². The molecule has 1 aliphatic rings. The molecule has 0 aliphatic heterocycles. The number of rotatable bonds is 3. The van der Waals surface area contributed by atoms with E-state index in [2.05, 4.69) is 31.8 Å². The topological polar surface area (TPSA) is 57.7 Å². The van der Waals surface area contributed by atoms with Crippen LogP contribution in [0.2, 0.25) is 5.28 Å². The second kappa shape index (κ2) is 3.59. The zero-order valence-electron chi connectivity index (χ0n) is 8.94. The molecule has 2 aromatic rings. The Morgan fingerprint density at radius 3 is 3.00 bits per heavy atom. The van der Waals surface area contributed by atoms with Gasteiger partial charge in [-0.25, -0.2) is 4.98 Å². The van der Waals surface area contributed by atoms with E-state index in [4.69, 9.17) is 11.6 Å². The number of halogens is 1. The highest BCUT2D eigenvalue weighted by atomic mass is 35.5. The van der Waals surface area contributed by atoms with Gasteiger partial charge in [0.25, 0.3) is 0 Å². The summed E-state index contributed by atoms with van der Waals surface area (Å²) in [5.41, 5.74) is 1.51. The molecule has 0 atom stereocenters. The summed E-state index contributed by atoms with van der Waals surface area (Å²) in [5, 5.41) is 0.258. The Morgan fingerprint density at radius 2 is 2.31 bits per heavy atom. The average molecular weight is 238 g/mol. The minimum Gasteiger partial charge on any atom is -0.352 e. The van der Waals surface area contributed by atoms with Gasteiger partial charge in [-0.1, -0.05) is 0 Å². The highest BCUT2D eigenvalue weighted by Crippen LogP contribution is 2.33. The van der Waals surface area contributed by atoms with Gasteiger partial charge in [-0.3, -0.25) is 0 Å². The van der Waals surface area contributed by atoms with Crippen LogP contribution in [0.4, 0.5) is 5.82 Å². The Kier molecular flexibility index (Phi) is 2.21. The van der Waals surface area contributed by atoms with Gasteiger partial charge in [-0.05, 0) is 31.4 Å². The highest BCUT2D eigenvalue weighted by Gasteiger charge is 2.30. The summed E-state index contributed by atoms with van der Waals surface area (Å²) in [6.07, 6.45) is 4.08. The van der Waals surface area contributed by atoms with Crippen LogP contribution in [0.5, 0.6) is 0 Å². The Bertz CT molecular complexity index is 519. The molecule has 84 valence electrons. The van der Waals surface area contributed by atoms with E-state index in [1.54, 1.807) is 6.33 Å². The van der Waals surface area contributed by atoms with E-state index in [9.17, 15) is 0 Å². The van der Waals surface area contributed by atoms with Gasteiger partial charge in [0, 0.05) is 12.6 Å². The van der Waals surface area contributed by atoms with E-state index in [1.165, 1.54) is 12.8 Å². The molecule has 0 radical (unpaired) electrons. The van der Waals surface area contributed by atoms with Crippen LogP contribution in [-0.2, 0) is 0 Å². The van der Waals surface area contributed by atoms with Crippen molar-refractivity contribution in [2.75, 3.05) is 11.4 Å². The maximum absolute atomic E-state index is 5.90. The predicted octanol–water partition coefficient (Wildman–Crippen LogP) is 1.99. The SMILES string of the molecule is CCN(c1nc(Cl)nc2nc[nH]c12)C1CC1. The summed E-state index contributed by atoms with van der Waals surface area (Å²) in [5.74, 6) is 0.873. The molecule has 3 rings (SSSR count). The van der Waals surface area contributed by atoms with Crippen LogP contribution in [0.15, 0.2) is 6.33 Å². The molecule has 2 heterocycles. The molecule has 1 saturated carbocycles. The highest BCUT2D eigenvalue weighted by molar-refractivity contribution is 6.28. The van der Waals surface area contributed by atoms with Gasteiger partial charge in [0.2, 0.25) is 5.28 Å². The Hall–Kier alpha value is -1.36. The minimum absolute atomic E-state index is 0.258. The summed E-state index contributed by atoms with van der Waals surface area (Å²) >= 11 is 5.90. The molecule has 16 heavy (non-hydrogen) atoms. The van der Waals surface area contributed by atoms with E-state index in [0.29, 0.717) is 11.7 Å². The van der Waals surface area contributed by atoms with Crippen molar-refractivity contribution in [3.05, 3.63) is 11.6 Å². The molecule has 0 amide bonds. The third-order valence-corrected chi connectivity index (χ3v) is 3.01. The summed E-state index contributed by atoms with van der Waals surface area (Å²) in [7, 11) is 0.